The Morgan fingerprint density at radius 1 is 0.971 bits per heavy atom. The van der Waals surface area contributed by atoms with Gasteiger partial charge in [-0.3, -0.25) is 4.79 Å². The highest BCUT2D eigenvalue weighted by Crippen LogP contribution is 2.39. The molecule has 35 heavy (non-hydrogen) atoms. The zero-order valence-corrected chi connectivity index (χ0v) is 19.7. The lowest BCUT2D eigenvalue weighted by molar-refractivity contribution is -0.138. The van der Waals surface area contributed by atoms with Crippen LogP contribution in [0.1, 0.15) is 35.6 Å². The molecule has 0 radical (unpaired) electrons. The second kappa shape index (κ2) is 11.2. The summed E-state index contributed by atoms with van der Waals surface area (Å²) in [5, 5.41) is 8.92. The van der Waals surface area contributed by atoms with Gasteiger partial charge in [0.25, 0.3) is 5.75 Å². The first-order valence-corrected chi connectivity index (χ1v) is 11.1. The van der Waals surface area contributed by atoms with Crippen LogP contribution in [-0.2, 0) is 17.4 Å². The van der Waals surface area contributed by atoms with Crippen molar-refractivity contribution in [2.24, 2.45) is 0 Å². The quantitative estimate of drug-likeness (QED) is 0.317. The fourth-order valence-corrected chi connectivity index (χ4v) is 3.47. The van der Waals surface area contributed by atoms with Crippen LogP contribution < -0.4 is 9.47 Å². The Morgan fingerprint density at radius 2 is 1.71 bits per heavy atom. The van der Waals surface area contributed by atoms with Gasteiger partial charge in [-0.1, -0.05) is 18.2 Å². The van der Waals surface area contributed by atoms with Crippen molar-refractivity contribution in [2.75, 3.05) is 6.61 Å². The number of carbonyl (C=O) groups is 1. The molecule has 1 atom stereocenters. The summed E-state index contributed by atoms with van der Waals surface area (Å²) in [5.41, 5.74) is 1.54. The molecule has 0 amide bonds. The molecule has 0 saturated heterocycles. The molecule has 8 heteroatoms. The lowest BCUT2D eigenvalue weighted by Gasteiger charge is -2.19. The smallest absolute Gasteiger partial charge is 0.416 e. The number of aliphatic carboxylic acids is 1. The molecule has 3 aromatic carbocycles. The van der Waals surface area contributed by atoms with Gasteiger partial charge in [-0.15, -0.1) is 0 Å². The van der Waals surface area contributed by atoms with Crippen LogP contribution in [0, 0.1) is 13.8 Å². The molecule has 3 aromatic rings. The number of rotatable bonds is 10. The van der Waals surface area contributed by atoms with Crippen LogP contribution in [-0.4, -0.2) is 28.5 Å². The summed E-state index contributed by atoms with van der Waals surface area (Å²) < 4.78 is 56.2. The average Bonchev–Trinajstić information content (AvgIpc) is 2.77. The number of carboxylic acids is 1. The van der Waals surface area contributed by atoms with E-state index in [1.807, 2.05) is 32.9 Å². The Kier molecular flexibility index (Phi) is 8.27. The van der Waals surface area contributed by atoms with Crippen molar-refractivity contribution in [1.82, 2.24) is 0 Å². The number of alkyl halides is 3. The number of aryl methyl sites for hydroxylation is 2. The van der Waals surface area contributed by atoms with Crippen LogP contribution in [0.5, 0.6) is 23.0 Å². The monoisotopic (exact) mass is 489 g/mol. The van der Waals surface area contributed by atoms with Crippen LogP contribution in [0.4, 0.5) is 13.2 Å². The average molecular weight is 490 g/mol. The minimum atomic E-state index is -4.51. The SMILES string of the molecule is Cc1ccccc1Oc1cc(C(F)(F)F)ccc1O[C@H](C)CC[OH+]c1ccc(CC(=O)O)cc1C. The van der Waals surface area contributed by atoms with E-state index in [4.69, 9.17) is 14.6 Å². The van der Waals surface area contributed by atoms with Crippen LogP contribution in [0.15, 0.2) is 60.7 Å². The summed E-state index contributed by atoms with van der Waals surface area (Å²) in [6.45, 7) is 5.91. The van der Waals surface area contributed by atoms with E-state index in [1.54, 1.807) is 30.3 Å². The van der Waals surface area contributed by atoms with Crippen molar-refractivity contribution in [2.45, 2.75) is 45.9 Å². The lowest BCUT2D eigenvalue weighted by atomic mass is 10.1. The molecule has 0 fully saturated rings. The second-order valence-electron chi connectivity index (χ2n) is 8.32. The number of ether oxygens (including phenoxy) is 3. The van der Waals surface area contributed by atoms with Gasteiger partial charge in [-0.2, -0.15) is 13.2 Å². The van der Waals surface area contributed by atoms with Crippen LogP contribution >= 0.6 is 0 Å². The Labute approximate surface area is 202 Å². The molecule has 2 N–H and O–H groups in total. The van der Waals surface area contributed by atoms with E-state index < -0.39 is 17.7 Å². The fraction of sp³-hybridized carbons (Fsp3) is 0.296. The van der Waals surface area contributed by atoms with E-state index in [-0.39, 0.29) is 24.0 Å². The molecule has 0 bridgehead atoms. The highest BCUT2D eigenvalue weighted by atomic mass is 19.4. The first kappa shape index (κ1) is 25.9. The summed E-state index contributed by atoms with van der Waals surface area (Å²) in [4.78, 5) is 10.9. The summed E-state index contributed by atoms with van der Waals surface area (Å²) in [6.07, 6.45) is -4.39. The van der Waals surface area contributed by atoms with Gasteiger partial charge in [0, 0.05) is 11.6 Å². The van der Waals surface area contributed by atoms with Gasteiger partial charge in [0.05, 0.1) is 18.4 Å². The van der Waals surface area contributed by atoms with Gasteiger partial charge in [-0.05, 0) is 68.3 Å². The molecule has 0 unspecified atom stereocenters. The zero-order chi connectivity index (χ0) is 25.6. The van der Waals surface area contributed by atoms with Crippen molar-refractivity contribution >= 4 is 5.97 Å². The van der Waals surface area contributed by atoms with Gasteiger partial charge in [0.1, 0.15) is 11.9 Å². The third-order valence-electron chi connectivity index (χ3n) is 5.35. The Hall–Kier alpha value is -3.68. The van der Waals surface area contributed by atoms with Crippen molar-refractivity contribution in [3.05, 3.63) is 82.9 Å². The topological polar surface area (TPSA) is 68.6 Å². The first-order chi connectivity index (χ1) is 16.5. The van der Waals surface area contributed by atoms with Gasteiger partial charge < -0.3 is 19.3 Å². The van der Waals surface area contributed by atoms with Gasteiger partial charge in [0.15, 0.2) is 18.1 Å². The van der Waals surface area contributed by atoms with Crippen molar-refractivity contribution in [3.63, 3.8) is 0 Å². The minimum absolute atomic E-state index is 0.0113. The first-order valence-electron chi connectivity index (χ1n) is 11.1. The van der Waals surface area contributed by atoms with E-state index in [9.17, 15) is 18.0 Å². The third-order valence-corrected chi connectivity index (χ3v) is 5.35. The highest BCUT2D eigenvalue weighted by molar-refractivity contribution is 5.70. The third kappa shape index (κ3) is 7.40. The summed E-state index contributed by atoms with van der Waals surface area (Å²) >= 11 is 0. The van der Waals surface area contributed by atoms with Crippen molar-refractivity contribution in [3.8, 4) is 23.0 Å². The number of aromatic hydroxyl groups is 1. The number of hydrogen-bond donors (Lipinski definition) is 1. The molecular formula is C27H28F3O5+. The van der Waals surface area contributed by atoms with E-state index >= 15 is 0 Å². The maximum absolute atomic E-state index is 13.3. The minimum Gasteiger partial charge on any atom is -0.582 e. The van der Waals surface area contributed by atoms with Crippen molar-refractivity contribution < 1.29 is 37.3 Å². The number of benzene rings is 3. The van der Waals surface area contributed by atoms with Gasteiger partial charge in [0.2, 0.25) is 0 Å². The molecule has 186 valence electrons. The Morgan fingerprint density at radius 3 is 2.37 bits per heavy atom. The fourth-order valence-electron chi connectivity index (χ4n) is 3.47. The van der Waals surface area contributed by atoms with E-state index in [0.717, 1.165) is 29.0 Å². The van der Waals surface area contributed by atoms with Crippen LogP contribution in [0.3, 0.4) is 0 Å². The van der Waals surface area contributed by atoms with E-state index in [1.165, 1.54) is 6.07 Å². The maximum atomic E-state index is 13.3. The molecule has 3 rings (SSSR count). The predicted molar refractivity (Wildman–Crippen MR) is 126 cm³/mol. The predicted octanol–water partition coefficient (Wildman–Crippen LogP) is 6.84. The van der Waals surface area contributed by atoms with Gasteiger partial charge >= 0.3 is 12.1 Å². The molecular weight excluding hydrogens is 461 g/mol. The Bertz CT molecular complexity index is 1170. The summed E-state index contributed by atoms with van der Waals surface area (Å²) in [7, 11) is 0. The summed E-state index contributed by atoms with van der Waals surface area (Å²) in [6, 6.07) is 15.6. The van der Waals surface area contributed by atoms with Crippen LogP contribution in [0.2, 0.25) is 0 Å². The number of aliphatic hydroxyl groups is 1. The molecule has 0 heterocycles. The molecule has 0 saturated carbocycles. The van der Waals surface area contributed by atoms with E-state index in [2.05, 4.69) is 4.74 Å². The van der Waals surface area contributed by atoms with Crippen molar-refractivity contribution in [1.29, 1.82) is 0 Å². The molecule has 0 spiro atoms. The Balaban J connectivity index is 1.67. The molecule has 0 aliphatic heterocycles. The van der Waals surface area contributed by atoms with Gasteiger partial charge in [-0.25, -0.2) is 0 Å². The largest absolute Gasteiger partial charge is 0.582 e. The number of hydrogen-bond acceptors (Lipinski definition) is 3. The highest BCUT2D eigenvalue weighted by Gasteiger charge is 2.32. The number of halogens is 3. The van der Waals surface area contributed by atoms with Crippen LogP contribution in [0.25, 0.3) is 0 Å². The van der Waals surface area contributed by atoms with E-state index in [0.29, 0.717) is 24.3 Å². The summed E-state index contributed by atoms with van der Waals surface area (Å²) in [5.74, 6) is 0.505. The maximum Gasteiger partial charge on any atom is 0.416 e. The normalized spacial score (nSPS) is 12.2. The lowest BCUT2D eigenvalue weighted by Crippen LogP contribution is -2.16. The number of para-hydroxylation sites is 1. The molecule has 5 nitrogen and oxygen atoms in total. The molecule has 0 aliphatic rings. The molecule has 0 aliphatic carbocycles. The number of carboxylic acid groups (broad SMARTS) is 1. The second-order valence-corrected chi connectivity index (χ2v) is 8.32. The molecule has 0 aromatic heterocycles. The zero-order valence-electron chi connectivity index (χ0n) is 19.7. The standard InChI is InChI=1S/C27H27F3O5/c1-17-6-4-5-7-23(17)35-25-16-21(27(28,29)30)9-11-24(25)34-19(3)12-13-33-22-10-8-20(14-18(22)2)15-26(31)32/h4-11,14,16,19H,12-13,15H2,1-3H3,(H,31,32)/p+1/t19-/m1/s1.